The second kappa shape index (κ2) is 7.97. The van der Waals surface area contributed by atoms with E-state index < -0.39 is 0 Å². The van der Waals surface area contributed by atoms with Gasteiger partial charge in [-0.2, -0.15) is 0 Å². The van der Waals surface area contributed by atoms with Crippen LogP contribution in [-0.2, 0) is 18.6 Å². The molecule has 162 valence electrons. The van der Waals surface area contributed by atoms with Gasteiger partial charge >= 0.3 is 0 Å². The number of aromatic nitrogens is 5. The molecule has 0 bridgehead atoms. The van der Waals surface area contributed by atoms with Gasteiger partial charge in [0.25, 0.3) is 0 Å². The summed E-state index contributed by atoms with van der Waals surface area (Å²) in [6, 6.07) is 7.92. The van der Waals surface area contributed by atoms with Gasteiger partial charge in [0, 0.05) is 21.9 Å². The molecule has 0 aliphatic heterocycles. The summed E-state index contributed by atoms with van der Waals surface area (Å²) in [5, 5.41) is 11.9. The van der Waals surface area contributed by atoms with Crippen LogP contribution in [-0.4, -0.2) is 24.6 Å². The minimum atomic E-state index is 0.424. The molecule has 5 aromatic rings. The number of aryl methyl sites for hydroxylation is 1. The van der Waals surface area contributed by atoms with Gasteiger partial charge < -0.3 is 0 Å². The Hall–Kier alpha value is -2.22. The van der Waals surface area contributed by atoms with Crippen LogP contribution < -0.4 is 0 Å². The molecule has 8 heteroatoms. The van der Waals surface area contributed by atoms with Gasteiger partial charge in [0.1, 0.15) is 15.9 Å². The van der Waals surface area contributed by atoms with E-state index in [0.29, 0.717) is 5.92 Å². The maximum absolute atomic E-state index is 6.00. The molecule has 0 saturated carbocycles. The smallest absolute Gasteiger partial charge is 0.197 e. The van der Waals surface area contributed by atoms with Crippen LogP contribution in [0, 0.1) is 0 Å². The molecule has 32 heavy (non-hydrogen) atoms. The monoisotopic (exact) mass is 479 g/mol. The minimum absolute atomic E-state index is 0.424. The van der Waals surface area contributed by atoms with Gasteiger partial charge in [0.2, 0.25) is 0 Å². The standard InChI is InChI=1S/C24H22ClN5S2/c1-13(2)19-17-6-4-3-5-16(17)18-20-21(32-23(18)27-19)22-28-29-24(30(22)12-26-20)31-11-14-7-9-15(25)10-8-14/h7-10,12-13H,3-6,11H2,1-2H3. The summed E-state index contributed by atoms with van der Waals surface area (Å²) in [5.41, 5.74) is 7.28. The number of nitrogens with zero attached hydrogens (tertiary/aromatic N) is 5. The number of pyridine rings is 1. The Morgan fingerprint density at radius 3 is 2.66 bits per heavy atom. The van der Waals surface area contributed by atoms with Crippen molar-refractivity contribution in [3.8, 4) is 0 Å². The Labute approximate surface area is 199 Å². The predicted octanol–water partition coefficient (Wildman–Crippen LogP) is 6.84. The van der Waals surface area contributed by atoms with E-state index in [4.69, 9.17) is 21.6 Å². The molecule has 0 amide bonds. The van der Waals surface area contributed by atoms with Gasteiger partial charge in [-0.3, -0.25) is 4.40 Å². The normalized spacial score (nSPS) is 14.1. The van der Waals surface area contributed by atoms with Crippen LogP contribution in [0.1, 0.15) is 55.0 Å². The molecule has 0 spiro atoms. The Kier molecular flexibility index (Phi) is 5.08. The second-order valence-corrected chi connectivity index (χ2v) is 11.0. The third-order valence-electron chi connectivity index (χ3n) is 6.16. The van der Waals surface area contributed by atoms with Crippen molar-refractivity contribution >= 4 is 60.8 Å². The molecule has 0 fully saturated rings. The van der Waals surface area contributed by atoms with Crippen LogP contribution in [0.4, 0.5) is 0 Å². The molecule has 1 aliphatic rings. The molecule has 1 aromatic carbocycles. The van der Waals surface area contributed by atoms with E-state index in [1.165, 1.54) is 40.6 Å². The van der Waals surface area contributed by atoms with Crippen LogP contribution in [0.15, 0.2) is 35.7 Å². The first kappa shape index (κ1) is 20.4. The van der Waals surface area contributed by atoms with Crippen LogP contribution >= 0.6 is 34.7 Å². The maximum atomic E-state index is 6.00. The van der Waals surface area contributed by atoms with Crippen LogP contribution in [0.3, 0.4) is 0 Å². The largest absolute Gasteiger partial charge is 0.259 e. The Morgan fingerprint density at radius 2 is 1.88 bits per heavy atom. The lowest BCUT2D eigenvalue weighted by molar-refractivity contribution is 0.667. The number of fused-ring (bicyclic) bond motifs is 7. The fourth-order valence-corrected chi connectivity index (χ4v) is 6.76. The van der Waals surface area contributed by atoms with Crippen LogP contribution in [0.5, 0.6) is 0 Å². The van der Waals surface area contributed by atoms with Crippen molar-refractivity contribution in [3.63, 3.8) is 0 Å². The van der Waals surface area contributed by atoms with Crippen molar-refractivity contribution in [2.24, 2.45) is 0 Å². The summed E-state index contributed by atoms with van der Waals surface area (Å²) in [6.07, 6.45) is 6.60. The first-order chi connectivity index (χ1) is 15.6. The van der Waals surface area contributed by atoms with Crippen LogP contribution in [0.2, 0.25) is 5.02 Å². The summed E-state index contributed by atoms with van der Waals surface area (Å²) in [4.78, 5) is 11.1. The summed E-state index contributed by atoms with van der Waals surface area (Å²) < 4.78 is 3.09. The van der Waals surface area contributed by atoms with E-state index >= 15 is 0 Å². The molecule has 0 atom stereocenters. The zero-order valence-electron chi connectivity index (χ0n) is 17.9. The van der Waals surface area contributed by atoms with Gasteiger partial charge in [-0.25, -0.2) is 9.97 Å². The van der Waals surface area contributed by atoms with Crippen molar-refractivity contribution in [3.05, 3.63) is 58.0 Å². The van der Waals surface area contributed by atoms with Gasteiger partial charge in [-0.1, -0.05) is 49.3 Å². The van der Waals surface area contributed by atoms with Crippen LogP contribution in [0.25, 0.3) is 26.1 Å². The van der Waals surface area contributed by atoms with Crippen molar-refractivity contribution in [2.75, 3.05) is 0 Å². The number of hydrogen-bond donors (Lipinski definition) is 0. The quantitative estimate of drug-likeness (QED) is 0.264. The highest BCUT2D eigenvalue weighted by Crippen LogP contribution is 2.41. The third kappa shape index (κ3) is 3.29. The lowest BCUT2D eigenvalue weighted by Crippen LogP contribution is -2.10. The highest BCUT2D eigenvalue weighted by atomic mass is 35.5. The summed E-state index contributed by atoms with van der Waals surface area (Å²) in [5.74, 6) is 1.23. The van der Waals surface area contributed by atoms with Gasteiger partial charge in [-0.15, -0.1) is 21.5 Å². The van der Waals surface area contributed by atoms with Gasteiger partial charge in [0.15, 0.2) is 10.8 Å². The van der Waals surface area contributed by atoms with E-state index in [1.54, 1.807) is 23.1 Å². The zero-order valence-corrected chi connectivity index (χ0v) is 20.3. The Bertz CT molecular complexity index is 1470. The fourth-order valence-electron chi connectivity index (χ4n) is 4.63. The summed E-state index contributed by atoms with van der Waals surface area (Å²) in [7, 11) is 0. The fraction of sp³-hybridized carbons (Fsp3) is 0.333. The topological polar surface area (TPSA) is 56.0 Å². The molecular weight excluding hydrogens is 458 g/mol. The number of halogens is 1. The zero-order chi connectivity index (χ0) is 21.8. The first-order valence-electron chi connectivity index (χ1n) is 10.9. The summed E-state index contributed by atoms with van der Waals surface area (Å²) in [6.45, 7) is 4.49. The third-order valence-corrected chi connectivity index (χ3v) is 8.50. The number of thioether (sulfide) groups is 1. The lowest BCUT2D eigenvalue weighted by Gasteiger charge is -2.21. The molecule has 0 saturated heterocycles. The molecule has 0 N–H and O–H groups in total. The maximum Gasteiger partial charge on any atom is 0.197 e. The molecule has 1 aliphatic carbocycles. The Morgan fingerprint density at radius 1 is 1.09 bits per heavy atom. The van der Waals surface area contributed by atoms with E-state index in [0.717, 1.165) is 49.5 Å². The number of hydrogen-bond acceptors (Lipinski definition) is 6. The van der Waals surface area contributed by atoms with E-state index in [1.807, 2.05) is 35.0 Å². The molecular formula is C24H22ClN5S2. The molecule has 4 heterocycles. The number of rotatable bonds is 4. The Balaban J connectivity index is 1.47. The van der Waals surface area contributed by atoms with Crippen molar-refractivity contribution < 1.29 is 0 Å². The molecule has 5 nitrogen and oxygen atoms in total. The SMILES string of the molecule is CC(C)c1nc2sc3c(ncn4c(SCc5ccc(Cl)cc5)nnc34)c2c2c1CCCC2. The average molecular weight is 480 g/mol. The molecule has 0 radical (unpaired) electrons. The minimum Gasteiger partial charge on any atom is -0.259 e. The molecule has 4 aromatic heterocycles. The summed E-state index contributed by atoms with van der Waals surface area (Å²) >= 11 is 9.36. The average Bonchev–Trinajstić information content (AvgIpc) is 3.39. The second-order valence-electron chi connectivity index (χ2n) is 8.61. The number of thiophene rings is 1. The molecule has 0 unspecified atom stereocenters. The van der Waals surface area contributed by atoms with E-state index in [9.17, 15) is 0 Å². The van der Waals surface area contributed by atoms with Crippen molar-refractivity contribution in [1.82, 2.24) is 24.6 Å². The van der Waals surface area contributed by atoms with E-state index in [2.05, 4.69) is 24.0 Å². The van der Waals surface area contributed by atoms with Crippen molar-refractivity contribution in [1.29, 1.82) is 0 Å². The predicted molar refractivity (Wildman–Crippen MR) is 133 cm³/mol. The van der Waals surface area contributed by atoms with Crippen molar-refractivity contribution in [2.45, 2.75) is 56.4 Å². The first-order valence-corrected chi connectivity index (χ1v) is 13.1. The van der Waals surface area contributed by atoms with E-state index in [-0.39, 0.29) is 0 Å². The highest BCUT2D eigenvalue weighted by Gasteiger charge is 2.24. The highest BCUT2D eigenvalue weighted by molar-refractivity contribution is 7.98. The van der Waals surface area contributed by atoms with Gasteiger partial charge in [-0.05, 0) is 60.4 Å². The molecule has 6 rings (SSSR count). The lowest BCUT2D eigenvalue weighted by atomic mass is 9.86. The van der Waals surface area contributed by atoms with Gasteiger partial charge in [0.05, 0.1) is 5.52 Å². The number of benzene rings is 1.